The highest BCUT2D eigenvalue weighted by atomic mass is 35.5. The second-order valence-corrected chi connectivity index (χ2v) is 11.9. The molecule has 0 aliphatic heterocycles. The number of carbonyl (C=O) groups is 1. The summed E-state index contributed by atoms with van der Waals surface area (Å²) in [5, 5.41) is 5.18. The summed E-state index contributed by atoms with van der Waals surface area (Å²) in [5.74, 6) is 0.665. The average Bonchev–Trinajstić information content (AvgIpc) is 2.97. The molecule has 218 valence electrons. The van der Waals surface area contributed by atoms with Crippen LogP contribution in [0.3, 0.4) is 0 Å². The molecule has 0 heterocycles. The molecule has 8 nitrogen and oxygen atoms in total. The quantitative estimate of drug-likeness (QED) is 0.139. The number of carbonyl (C=O) groups excluding carboxylic acids is 1. The Hall–Kier alpha value is -4.05. The van der Waals surface area contributed by atoms with E-state index in [2.05, 4.69) is 10.5 Å². The molecule has 0 bridgehead atoms. The summed E-state index contributed by atoms with van der Waals surface area (Å²) >= 11 is 12.2. The van der Waals surface area contributed by atoms with Gasteiger partial charge in [0.05, 0.1) is 31.3 Å². The van der Waals surface area contributed by atoms with E-state index in [0.29, 0.717) is 57.1 Å². The van der Waals surface area contributed by atoms with Crippen molar-refractivity contribution < 1.29 is 22.7 Å². The smallest absolute Gasteiger partial charge is 0.271 e. The summed E-state index contributed by atoms with van der Waals surface area (Å²) in [6, 6.07) is 26.0. The number of halogens is 2. The van der Waals surface area contributed by atoms with Crippen molar-refractivity contribution in [2.75, 3.05) is 17.2 Å². The number of anilines is 1. The first-order valence-corrected chi connectivity index (χ1v) is 15.5. The molecular weight excluding hydrogens is 597 g/mol. The Kier molecular flexibility index (Phi) is 10.5. The van der Waals surface area contributed by atoms with Crippen molar-refractivity contribution in [1.29, 1.82) is 0 Å². The first kappa shape index (κ1) is 30.9. The highest BCUT2D eigenvalue weighted by Crippen LogP contribution is 2.29. The molecule has 0 radical (unpaired) electrons. The van der Waals surface area contributed by atoms with E-state index in [1.54, 1.807) is 66.7 Å². The Balaban J connectivity index is 1.40. The van der Waals surface area contributed by atoms with Crippen molar-refractivity contribution in [3.05, 3.63) is 123 Å². The maximum absolute atomic E-state index is 12.7. The third-order valence-electron chi connectivity index (χ3n) is 6.04. The third kappa shape index (κ3) is 8.48. The zero-order valence-corrected chi connectivity index (χ0v) is 25.3. The van der Waals surface area contributed by atoms with Gasteiger partial charge < -0.3 is 9.47 Å². The molecule has 0 aromatic heterocycles. The minimum Gasteiger partial charge on any atom is -0.490 e. The average molecular weight is 627 g/mol. The molecule has 0 fully saturated rings. The Morgan fingerprint density at radius 2 is 1.64 bits per heavy atom. The highest BCUT2D eigenvalue weighted by molar-refractivity contribution is 7.92. The van der Waals surface area contributed by atoms with Gasteiger partial charge in [0.15, 0.2) is 11.5 Å². The Bertz CT molecular complexity index is 1660. The summed E-state index contributed by atoms with van der Waals surface area (Å²) in [4.78, 5) is 12.7. The fourth-order valence-electron chi connectivity index (χ4n) is 3.92. The molecule has 42 heavy (non-hydrogen) atoms. The fourth-order valence-corrected chi connectivity index (χ4v) is 5.12. The Morgan fingerprint density at radius 1 is 0.929 bits per heavy atom. The maximum atomic E-state index is 12.7. The Morgan fingerprint density at radius 3 is 2.31 bits per heavy atom. The Labute approximate surface area is 255 Å². The van der Waals surface area contributed by atoms with E-state index < -0.39 is 15.9 Å². The number of hydrogen-bond donors (Lipinski definition) is 1. The van der Waals surface area contributed by atoms with Gasteiger partial charge in [0.25, 0.3) is 5.91 Å². The van der Waals surface area contributed by atoms with Crippen molar-refractivity contribution in [2.45, 2.75) is 20.1 Å². The number of benzene rings is 4. The summed E-state index contributed by atoms with van der Waals surface area (Å²) in [5.41, 5.74) is 5.52. The molecule has 4 rings (SSSR count). The normalized spacial score (nSPS) is 11.3. The topological polar surface area (TPSA) is 97.3 Å². The molecule has 1 N–H and O–H groups in total. The molecule has 4 aromatic rings. The van der Waals surface area contributed by atoms with Crippen molar-refractivity contribution in [1.82, 2.24) is 5.43 Å². The van der Waals surface area contributed by atoms with Crippen LogP contribution in [0.1, 0.15) is 34.0 Å². The standard InChI is InChI=1S/C31H29Cl2N3O5S/c1-3-40-30-18-23(10-17-29(30)41-21-22-8-13-26(32)14-9-22)19-34-35-31(37)24-11-15-27(16-12-24)36(42(2,38)39)20-25-6-4-5-7-28(25)33/h4-19H,3,20-21H2,1-2H3,(H,35,37)/b34-19-. The molecule has 0 aliphatic rings. The van der Waals surface area contributed by atoms with E-state index in [-0.39, 0.29) is 6.54 Å². The van der Waals surface area contributed by atoms with Crippen LogP contribution < -0.4 is 19.2 Å². The van der Waals surface area contributed by atoms with Gasteiger partial charge in [-0.05, 0) is 84.3 Å². The van der Waals surface area contributed by atoms with Crippen LogP contribution in [0.5, 0.6) is 11.5 Å². The van der Waals surface area contributed by atoms with Crippen molar-refractivity contribution >= 4 is 51.0 Å². The molecule has 0 unspecified atom stereocenters. The highest BCUT2D eigenvalue weighted by Gasteiger charge is 2.19. The number of hydrazone groups is 1. The van der Waals surface area contributed by atoms with Gasteiger partial charge in [-0.25, -0.2) is 13.8 Å². The van der Waals surface area contributed by atoms with Crippen LogP contribution in [0.4, 0.5) is 5.69 Å². The summed E-state index contributed by atoms with van der Waals surface area (Å²) in [7, 11) is -3.61. The van der Waals surface area contributed by atoms with Crippen LogP contribution in [-0.4, -0.2) is 33.4 Å². The molecular formula is C31H29Cl2N3O5S. The number of sulfonamides is 1. The summed E-state index contributed by atoms with van der Waals surface area (Å²) in [6.07, 6.45) is 2.61. The van der Waals surface area contributed by atoms with Crippen LogP contribution in [0.15, 0.2) is 96.1 Å². The molecule has 0 saturated carbocycles. The van der Waals surface area contributed by atoms with E-state index >= 15 is 0 Å². The molecule has 0 saturated heterocycles. The molecule has 11 heteroatoms. The monoisotopic (exact) mass is 625 g/mol. The van der Waals surface area contributed by atoms with E-state index in [4.69, 9.17) is 32.7 Å². The van der Waals surface area contributed by atoms with E-state index in [1.807, 2.05) is 19.1 Å². The zero-order chi connectivity index (χ0) is 30.1. The van der Waals surface area contributed by atoms with Crippen LogP contribution in [0.25, 0.3) is 0 Å². The fraction of sp³-hybridized carbons (Fsp3) is 0.161. The molecule has 4 aromatic carbocycles. The number of ether oxygens (including phenoxy) is 2. The van der Waals surface area contributed by atoms with Gasteiger partial charge in [-0.2, -0.15) is 5.10 Å². The second kappa shape index (κ2) is 14.2. The summed E-state index contributed by atoms with van der Waals surface area (Å²) in [6.45, 7) is 2.73. The molecule has 1 amide bonds. The van der Waals surface area contributed by atoms with Crippen LogP contribution in [-0.2, 0) is 23.2 Å². The van der Waals surface area contributed by atoms with E-state index in [1.165, 1.54) is 22.7 Å². The lowest BCUT2D eigenvalue weighted by atomic mass is 10.2. The predicted octanol–water partition coefficient (Wildman–Crippen LogP) is 6.70. The number of hydrogen-bond acceptors (Lipinski definition) is 6. The predicted molar refractivity (Wildman–Crippen MR) is 167 cm³/mol. The number of nitrogens with one attached hydrogen (secondary N) is 1. The van der Waals surface area contributed by atoms with Crippen molar-refractivity contribution in [2.24, 2.45) is 5.10 Å². The zero-order valence-electron chi connectivity index (χ0n) is 23.0. The van der Waals surface area contributed by atoms with Crippen molar-refractivity contribution in [3.8, 4) is 11.5 Å². The van der Waals surface area contributed by atoms with Gasteiger partial charge in [-0.1, -0.05) is 53.5 Å². The lowest BCUT2D eigenvalue weighted by molar-refractivity contribution is 0.0955. The van der Waals surface area contributed by atoms with Gasteiger partial charge in [0.2, 0.25) is 10.0 Å². The van der Waals surface area contributed by atoms with Crippen LogP contribution in [0.2, 0.25) is 10.0 Å². The molecule has 0 aliphatic carbocycles. The lowest BCUT2D eigenvalue weighted by Crippen LogP contribution is -2.29. The third-order valence-corrected chi connectivity index (χ3v) is 7.81. The lowest BCUT2D eigenvalue weighted by Gasteiger charge is -2.23. The van der Waals surface area contributed by atoms with Crippen LogP contribution >= 0.6 is 23.2 Å². The minimum atomic E-state index is -3.61. The summed E-state index contributed by atoms with van der Waals surface area (Å²) < 4.78 is 37.9. The number of rotatable bonds is 12. The first-order chi connectivity index (χ1) is 20.1. The second-order valence-electron chi connectivity index (χ2n) is 9.16. The molecule has 0 atom stereocenters. The van der Waals surface area contributed by atoms with Gasteiger partial charge in [0.1, 0.15) is 6.61 Å². The SMILES string of the molecule is CCOc1cc(/C=N\NC(=O)c2ccc(N(Cc3ccccc3Cl)S(C)(=O)=O)cc2)ccc1OCc1ccc(Cl)cc1. The van der Waals surface area contributed by atoms with Gasteiger partial charge in [0, 0.05) is 15.6 Å². The van der Waals surface area contributed by atoms with Gasteiger partial charge in [-0.15, -0.1) is 0 Å². The van der Waals surface area contributed by atoms with Crippen molar-refractivity contribution in [3.63, 3.8) is 0 Å². The number of nitrogens with zero attached hydrogens (tertiary/aromatic N) is 2. The minimum absolute atomic E-state index is 0.0586. The van der Waals surface area contributed by atoms with Gasteiger partial charge in [-0.3, -0.25) is 9.10 Å². The number of amides is 1. The van der Waals surface area contributed by atoms with Crippen LogP contribution in [0, 0.1) is 0 Å². The van der Waals surface area contributed by atoms with Gasteiger partial charge >= 0.3 is 0 Å². The largest absolute Gasteiger partial charge is 0.490 e. The maximum Gasteiger partial charge on any atom is 0.271 e. The first-order valence-electron chi connectivity index (χ1n) is 12.9. The van der Waals surface area contributed by atoms with E-state index in [0.717, 1.165) is 11.8 Å². The van der Waals surface area contributed by atoms with E-state index in [9.17, 15) is 13.2 Å². The molecule has 0 spiro atoms.